The normalized spacial score (nSPS) is 15.8. The van der Waals surface area contributed by atoms with E-state index in [9.17, 15) is 4.79 Å². The van der Waals surface area contributed by atoms with Gasteiger partial charge in [-0.1, -0.05) is 19.1 Å². The smallest absolute Gasteiger partial charge is 0.251 e. The van der Waals surface area contributed by atoms with Gasteiger partial charge in [-0.3, -0.25) is 4.79 Å². The van der Waals surface area contributed by atoms with Crippen LogP contribution in [-0.2, 0) is 0 Å². The van der Waals surface area contributed by atoms with E-state index in [0.717, 1.165) is 24.6 Å². The predicted octanol–water partition coefficient (Wildman–Crippen LogP) is 4.43. The highest BCUT2D eigenvalue weighted by Gasteiger charge is 2.17. The lowest BCUT2D eigenvalue weighted by atomic mass is 9.98. The zero-order valence-corrected chi connectivity index (χ0v) is 17.2. The van der Waals surface area contributed by atoms with Gasteiger partial charge in [-0.05, 0) is 61.6 Å². The van der Waals surface area contributed by atoms with Gasteiger partial charge in [-0.2, -0.15) is 0 Å². The molecule has 1 aliphatic rings. The molecule has 1 aliphatic heterocycles. The minimum Gasteiger partial charge on any atom is -0.493 e. The first-order valence-corrected chi connectivity index (χ1v) is 9.89. The number of benzene rings is 2. The van der Waals surface area contributed by atoms with Crippen LogP contribution in [0.3, 0.4) is 0 Å². The van der Waals surface area contributed by atoms with E-state index in [4.69, 9.17) is 9.47 Å². The van der Waals surface area contributed by atoms with Crippen molar-refractivity contribution in [2.45, 2.75) is 32.7 Å². The summed E-state index contributed by atoms with van der Waals surface area (Å²) in [6.07, 6.45) is 2.50. The monoisotopic (exact) mass is 382 g/mol. The lowest BCUT2D eigenvalue weighted by Crippen LogP contribution is -2.32. The van der Waals surface area contributed by atoms with E-state index in [1.807, 2.05) is 6.92 Å². The van der Waals surface area contributed by atoms with Gasteiger partial charge in [-0.25, -0.2) is 0 Å². The van der Waals surface area contributed by atoms with E-state index in [1.54, 1.807) is 32.4 Å². The van der Waals surface area contributed by atoms with Crippen molar-refractivity contribution in [3.63, 3.8) is 0 Å². The third kappa shape index (κ3) is 4.58. The number of ether oxygens (including phenoxy) is 2. The van der Waals surface area contributed by atoms with E-state index < -0.39 is 0 Å². The van der Waals surface area contributed by atoms with Crippen LogP contribution in [0.1, 0.15) is 48.7 Å². The van der Waals surface area contributed by atoms with E-state index in [1.165, 1.54) is 18.5 Å². The molecule has 150 valence electrons. The molecular weight excluding hydrogens is 352 g/mol. The third-order valence-corrected chi connectivity index (χ3v) is 5.54. The summed E-state index contributed by atoms with van der Waals surface area (Å²) in [4.78, 5) is 15.1. The van der Waals surface area contributed by atoms with E-state index in [2.05, 4.69) is 41.4 Å². The topological polar surface area (TPSA) is 50.8 Å². The maximum atomic E-state index is 12.6. The van der Waals surface area contributed by atoms with Crippen molar-refractivity contribution in [2.75, 3.05) is 32.2 Å². The molecule has 0 aliphatic carbocycles. The molecule has 0 bridgehead atoms. The number of carbonyl (C=O) groups is 1. The number of methoxy groups -OCH3 is 2. The van der Waals surface area contributed by atoms with Crippen LogP contribution in [0.4, 0.5) is 5.69 Å². The number of anilines is 1. The maximum absolute atomic E-state index is 12.6. The molecule has 0 radical (unpaired) electrons. The molecule has 0 saturated carbocycles. The molecule has 3 rings (SSSR count). The first-order chi connectivity index (χ1) is 13.5. The highest BCUT2D eigenvalue weighted by Crippen LogP contribution is 2.28. The highest BCUT2D eigenvalue weighted by molar-refractivity contribution is 5.95. The van der Waals surface area contributed by atoms with Crippen molar-refractivity contribution < 1.29 is 14.3 Å². The number of hydrogen-bond acceptors (Lipinski definition) is 4. The number of nitrogens with zero attached hydrogens (tertiary/aromatic N) is 1. The molecule has 1 N–H and O–H groups in total. The Morgan fingerprint density at radius 1 is 1.04 bits per heavy atom. The standard InChI is InChI=1S/C23H30N2O3/c1-16-11-13-25(14-12-16)20-8-5-18(6-9-20)17(2)24-23(26)19-7-10-21(27-3)22(15-19)28-4/h5-10,15-17H,11-14H2,1-4H3,(H,24,26)/t17-/m0/s1. The number of piperidine rings is 1. The van der Waals surface area contributed by atoms with Crippen LogP contribution in [0.2, 0.25) is 0 Å². The molecule has 5 heteroatoms. The molecule has 1 heterocycles. The van der Waals surface area contributed by atoms with Crippen LogP contribution in [-0.4, -0.2) is 33.2 Å². The Morgan fingerprint density at radius 2 is 1.68 bits per heavy atom. The lowest BCUT2D eigenvalue weighted by molar-refractivity contribution is 0.0939. The second kappa shape index (κ2) is 9.00. The van der Waals surface area contributed by atoms with Crippen LogP contribution < -0.4 is 19.7 Å². The largest absolute Gasteiger partial charge is 0.493 e. The van der Waals surface area contributed by atoms with Gasteiger partial charge >= 0.3 is 0 Å². The van der Waals surface area contributed by atoms with Crippen molar-refractivity contribution in [1.29, 1.82) is 0 Å². The second-order valence-corrected chi connectivity index (χ2v) is 7.53. The third-order valence-electron chi connectivity index (χ3n) is 5.54. The number of amides is 1. The molecule has 0 unspecified atom stereocenters. The minimum atomic E-state index is -0.137. The molecule has 0 spiro atoms. The Balaban J connectivity index is 1.64. The van der Waals surface area contributed by atoms with Crippen molar-refractivity contribution in [3.8, 4) is 11.5 Å². The maximum Gasteiger partial charge on any atom is 0.251 e. The summed E-state index contributed by atoms with van der Waals surface area (Å²) in [5.74, 6) is 1.84. The van der Waals surface area contributed by atoms with Crippen molar-refractivity contribution in [2.24, 2.45) is 5.92 Å². The molecule has 2 aromatic carbocycles. The van der Waals surface area contributed by atoms with Gasteiger partial charge in [0.2, 0.25) is 0 Å². The molecule has 1 fully saturated rings. The molecule has 0 aromatic heterocycles. The highest BCUT2D eigenvalue weighted by atomic mass is 16.5. The minimum absolute atomic E-state index is 0.0870. The van der Waals surface area contributed by atoms with Gasteiger partial charge in [0.1, 0.15) is 0 Å². The molecule has 1 saturated heterocycles. The lowest BCUT2D eigenvalue weighted by Gasteiger charge is -2.32. The van der Waals surface area contributed by atoms with E-state index in [-0.39, 0.29) is 11.9 Å². The summed E-state index contributed by atoms with van der Waals surface area (Å²) in [5, 5.41) is 3.06. The SMILES string of the molecule is COc1ccc(C(=O)N[C@@H](C)c2ccc(N3CCC(C)CC3)cc2)cc1OC. The Bertz CT molecular complexity index is 796. The van der Waals surface area contributed by atoms with Crippen molar-refractivity contribution >= 4 is 11.6 Å². The Morgan fingerprint density at radius 3 is 2.29 bits per heavy atom. The first-order valence-electron chi connectivity index (χ1n) is 9.89. The zero-order valence-electron chi connectivity index (χ0n) is 17.2. The summed E-state index contributed by atoms with van der Waals surface area (Å²) in [7, 11) is 3.14. The summed E-state index contributed by atoms with van der Waals surface area (Å²) >= 11 is 0. The van der Waals surface area contributed by atoms with Gasteiger partial charge in [-0.15, -0.1) is 0 Å². The summed E-state index contributed by atoms with van der Waals surface area (Å²) in [6, 6.07) is 13.6. The molecular formula is C23H30N2O3. The Kier molecular flexibility index (Phi) is 6.45. The van der Waals surface area contributed by atoms with E-state index in [0.29, 0.717) is 17.1 Å². The molecule has 1 amide bonds. The van der Waals surface area contributed by atoms with Crippen molar-refractivity contribution in [1.82, 2.24) is 5.32 Å². The number of carbonyl (C=O) groups excluding carboxylic acids is 1. The molecule has 5 nitrogen and oxygen atoms in total. The number of nitrogens with one attached hydrogen (secondary N) is 1. The number of rotatable bonds is 6. The fourth-order valence-electron chi connectivity index (χ4n) is 3.58. The average Bonchev–Trinajstić information content (AvgIpc) is 2.73. The van der Waals surface area contributed by atoms with Gasteiger partial charge in [0.25, 0.3) is 5.91 Å². The van der Waals surface area contributed by atoms with Gasteiger partial charge in [0.05, 0.1) is 20.3 Å². The average molecular weight is 383 g/mol. The first kappa shape index (κ1) is 20.1. The summed E-state index contributed by atoms with van der Waals surface area (Å²) in [6.45, 7) is 6.55. The van der Waals surface area contributed by atoms with Crippen molar-refractivity contribution in [3.05, 3.63) is 53.6 Å². The fourth-order valence-corrected chi connectivity index (χ4v) is 3.58. The quantitative estimate of drug-likeness (QED) is 0.803. The van der Waals surface area contributed by atoms with Gasteiger partial charge < -0.3 is 19.7 Å². The molecule has 2 aromatic rings. The summed E-state index contributed by atoms with van der Waals surface area (Å²) in [5.41, 5.74) is 2.89. The number of hydrogen-bond donors (Lipinski definition) is 1. The summed E-state index contributed by atoms with van der Waals surface area (Å²) < 4.78 is 10.5. The van der Waals surface area contributed by atoms with E-state index >= 15 is 0 Å². The Hall–Kier alpha value is -2.69. The zero-order chi connectivity index (χ0) is 20.1. The van der Waals surface area contributed by atoms with Gasteiger partial charge in [0, 0.05) is 24.3 Å². The van der Waals surface area contributed by atoms with Crippen LogP contribution in [0.5, 0.6) is 11.5 Å². The van der Waals surface area contributed by atoms with Crippen LogP contribution in [0.15, 0.2) is 42.5 Å². The predicted molar refractivity (Wildman–Crippen MR) is 112 cm³/mol. The molecule has 28 heavy (non-hydrogen) atoms. The second-order valence-electron chi connectivity index (χ2n) is 7.53. The van der Waals surface area contributed by atoms with Gasteiger partial charge in [0.15, 0.2) is 11.5 Å². The molecule has 1 atom stereocenters. The fraction of sp³-hybridized carbons (Fsp3) is 0.435. The van der Waals surface area contributed by atoms with Crippen LogP contribution >= 0.6 is 0 Å². The van der Waals surface area contributed by atoms with Crippen LogP contribution in [0.25, 0.3) is 0 Å². The van der Waals surface area contributed by atoms with Crippen LogP contribution in [0, 0.1) is 5.92 Å². The Labute approximate surface area is 167 Å².